The Balaban J connectivity index is 1.73. The normalized spacial score (nSPS) is 15.3. The first-order valence-electron chi connectivity index (χ1n) is 7.58. The van der Waals surface area contributed by atoms with Gasteiger partial charge in [-0.25, -0.2) is 0 Å². The molecule has 0 saturated carbocycles. The minimum absolute atomic E-state index is 0.191. The maximum Gasteiger partial charge on any atom is 0.134 e. The van der Waals surface area contributed by atoms with E-state index in [0.29, 0.717) is 0 Å². The standard InChI is InChI=1S/C19H19NO/c1-12-5-8-17-16(9-12)11-18(21-17)19(20)15-7-6-13-3-2-4-14(13)10-15/h5-11,19H,2-4,20H2,1H3. The third-order valence-corrected chi connectivity index (χ3v) is 4.48. The fraction of sp³-hybridized carbons (Fsp3) is 0.263. The summed E-state index contributed by atoms with van der Waals surface area (Å²) < 4.78 is 5.93. The monoisotopic (exact) mass is 277 g/mol. The summed E-state index contributed by atoms with van der Waals surface area (Å²) in [4.78, 5) is 0. The lowest BCUT2D eigenvalue weighted by molar-refractivity contribution is 0.525. The second-order valence-electron chi connectivity index (χ2n) is 6.05. The van der Waals surface area contributed by atoms with E-state index in [4.69, 9.17) is 10.2 Å². The van der Waals surface area contributed by atoms with Gasteiger partial charge in [0, 0.05) is 5.39 Å². The van der Waals surface area contributed by atoms with E-state index < -0.39 is 0 Å². The molecule has 1 atom stereocenters. The number of furan rings is 1. The van der Waals surface area contributed by atoms with Crippen LogP contribution >= 0.6 is 0 Å². The smallest absolute Gasteiger partial charge is 0.134 e. The maximum absolute atomic E-state index is 6.42. The van der Waals surface area contributed by atoms with Gasteiger partial charge in [-0.05, 0) is 61.1 Å². The molecule has 0 spiro atoms. The van der Waals surface area contributed by atoms with Crippen molar-refractivity contribution in [2.45, 2.75) is 32.2 Å². The highest BCUT2D eigenvalue weighted by Gasteiger charge is 2.17. The minimum Gasteiger partial charge on any atom is -0.459 e. The van der Waals surface area contributed by atoms with Gasteiger partial charge in [-0.2, -0.15) is 0 Å². The number of aryl methyl sites for hydroxylation is 3. The second-order valence-corrected chi connectivity index (χ2v) is 6.05. The Bertz CT molecular complexity index is 816. The summed E-state index contributed by atoms with van der Waals surface area (Å²) in [6.45, 7) is 2.09. The fourth-order valence-corrected chi connectivity index (χ4v) is 3.29. The molecular formula is C19H19NO. The molecular weight excluding hydrogens is 258 g/mol. The summed E-state index contributed by atoms with van der Waals surface area (Å²) in [6.07, 6.45) is 3.64. The molecule has 0 fully saturated rings. The molecule has 1 aliphatic carbocycles. The van der Waals surface area contributed by atoms with Crippen molar-refractivity contribution in [3.63, 3.8) is 0 Å². The lowest BCUT2D eigenvalue weighted by Crippen LogP contribution is -2.11. The molecule has 1 heterocycles. The molecule has 2 heteroatoms. The van der Waals surface area contributed by atoms with E-state index in [0.717, 1.165) is 22.3 Å². The van der Waals surface area contributed by atoms with Crippen LogP contribution in [0.3, 0.4) is 0 Å². The van der Waals surface area contributed by atoms with Gasteiger partial charge in [0.2, 0.25) is 0 Å². The van der Waals surface area contributed by atoms with Crippen molar-refractivity contribution in [1.29, 1.82) is 0 Å². The molecule has 2 aromatic carbocycles. The van der Waals surface area contributed by atoms with Crippen LogP contribution < -0.4 is 5.73 Å². The average Bonchev–Trinajstić information content (AvgIpc) is 3.11. The number of benzene rings is 2. The number of rotatable bonds is 2. The molecule has 106 valence electrons. The van der Waals surface area contributed by atoms with Crippen LogP contribution in [0.2, 0.25) is 0 Å². The summed E-state index contributed by atoms with van der Waals surface area (Å²) in [5.74, 6) is 0.841. The third-order valence-electron chi connectivity index (χ3n) is 4.48. The highest BCUT2D eigenvalue weighted by Crippen LogP contribution is 2.30. The van der Waals surface area contributed by atoms with Gasteiger partial charge >= 0.3 is 0 Å². The number of fused-ring (bicyclic) bond motifs is 2. The fourth-order valence-electron chi connectivity index (χ4n) is 3.29. The Morgan fingerprint density at radius 2 is 1.86 bits per heavy atom. The SMILES string of the molecule is Cc1ccc2oc(C(N)c3ccc4c(c3)CCC4)cc2c1. The van der Waals surface area contributed by atoms with Gasteiger partial charge in [0.25, 0.3) is 0 Å². The molecule has 0 radical (unpaired) electrons. The van der Waals surface area contributed by atoms with Gasteiger partial charge < -0.3 is 10.2 Å². The van der Waals surface area contributed by atoms with Crippen molar-refractivity contribution >= 4 is 11.0 Å². The summed E-state index contributed by atoms with van der Waals surface area (Å²) >= 11 is 0. The van der Waals surface area contributed by atoms with E-state index >= 15 is 0 Å². The Morgan fingerprint density at radius 1 is 1.00 bits per heavy atom. The Kier molecular flexibility index (Phi) is 2.86. The van der Waals surface area contributed by atoms with Crippen molar-refractivity contribution in [3.05, 3.63) is 70.5 Å². The van der Waals surface area contributed by atoms with Crippen LogP contribution in [-0.4, -0.2) is 0 Å². The number of hydrogen-bond donors (Lipinski definition) is 1. The predicted octanol–water partition coefficient (Wildman–Crippen LogP) is 4.28. The van der Waals surface area contributed by atoms with E-state index in [9.17, 15) is 0 Å². The summed E-state index contributed by atoms with van der Waals surface area (Å²) in [5.41, 5.74) is 12.6. The van der Waals surface area contributed by atoms with Gasteiger partial charge in [0.05, 0.1) is 6.04 Å². The minimum atomic E-state index is -0.191. The second kappa shape index (κ2) is 4.74. The van der Waals surface area contributed by atoms with Crippen molar-refractivity contribution < 1.29 is 4.42 Å². The van der Waals surface area contributed by atoms with E-state index in [1.165, 1.54) is 36.0 Å². The van der Waals surface area contributed by atoms with Crippen molar-refractivity contribution in [2.24, 2.45) is 5.73 Å². The van der Waals surface area contributed by atoms with Crippen LogP contribution in [0.5, 0.6) is 0 Å². The Labute approximate surface area is 124 Å². The molecule has 3 aromatic rings. The maximum atomic E-state index is 6.42. The summed E-state index contributed by atoms with van der Waals surface area (Å²) in [5, 5.41) is 1.13. The first-order valence-corrected chi connectivity index (χ1v) is 7.58. The molecule has 1 aromatic heterocycles. The van der Waals surface area contributed by atoms with Crippen LogP contribution in [0.4, 0.5) is 0 Å². The highest BCUT2D eigenvalue weighted by atomic mass is 16.3. The van der Waals surface area contributed by atoms with Gasteiger partial charge in [-0.3, -0.25) is 0 Å². The first kappa shape index (κ1) is 12.7. The van der Waals surface area contributed by atoms with Crippen molar-refractivity contribution in [2.75, 3.05) is 0 Å². The van der Waals surface area contributed by atoms with Crippen LogP contribution in [0.1, 0.15) is 40.5 Å². The van der Waals surface area contributed by atoms with Crippen LogP contribution in [-0.2, 0) is 12.8 Å². The molecule has 2 N–H and O–H groups in total. The molecule has 1 unspecified atom stereocenters. The molecule has 21 heavy (non-hydrogen) atoms. The van der Waals surface area contributed by atoms with E-state index in [2.05, 4.69) is 43.3 Å². The molecule has 0 saturated heterocycles. The Hall–Kier alpha value is -2.06. The van der Waals surface area contributed by atoms with Gasteiger partial charge in [-0.15, -0.1) is 0 Å². The van der Waals surface area contributed by atoms with Crippen LogP contribution in [0.25, 0.3) is 11.0 Å². The molecule has 2 nitrogen and oxygen atoms in total. The molecule has 0 bridgehead atoms. The molecule has 0 aliphatic heterocycles. The summed E-state index contributed by atoms with van der Waals surface area (Å²) in [6, 6.07) is 14.7. The molecule has 4 rings (SSSR count). The van der Waals surface area contributed by atoms with Crippen molar-refractivity contribution in [1.82, 2.24) is 0 Å². The number of hydrogen-bond acceptors (Lipinski definition) is 2. The van der Waals surface area contributed by atoms with Gasteiger partial charge in [0.1, 0.15) is 11.3 Å². The van der Waals surface area contributed by atoms with Crippen LogP contribution in [0, 0.1) is 6.92 Å². The lowest BCUT2D eigenvalue weighted by atomic mass is 10.00. The van der Waals surface area contributed by atoms with Crippen LogP contribution in [0.15, 0.2) is 46.9 Å². The van der Waals surface area contributed by atoms with Crippen molar-refractivity contribution in [3.8, 4) is 0 Å². The topological polar surface area (TPSA) is 39.2 Å². The first-order chi connectivity index (χ1) is 10.2. The lowest BCUT2D eigenvalue weighted by Gasteiger charge is -2.11. The van der Waals surface area contributed by atoms with E-state index in [1.54, 1.807) is 0 Å². The largest absolute Gasteiger partial charge is 0.459 e. The van der Waals surface area contributed by atoms with E-state index in [1.807, 2.05) is 6.07 Å². The zero-order valence-corrected chi connectivity index (χ0v) is 12.2. The van der Waals surface area contributed by atoms with Gasteiger partial charge in [-0.1, -0.05) is 29.8 Å². The molecule has 0 amide bonds. The molecule has 1 aliphatic rings. The van der Waals surface area contributed by atoms with E-state index in [-0.39, 0.29) is 6.04 Å². The Morgan fingerprint density at radius 3 is 2.76 bits per heavy atom. The third kappa shape index (κ3) is 2.16. The summed E-state index contributed by atoms with van der Waals surface area (Å²) in [7, 11) is 0. The quantitative estimate of drug-likeness (QED) is 0.759. The van der Waals surface area contributed by atoms with Gasteiger partial charge in [0.15, 0.2) is 0 Å². The highest BCUT2D eigenvalue weighted by molar-refractivity contribution is 5.79. The predicted molar refractivity (Wildman–Crippen MR) is 85.4 cm³/mol. The average molecular weight is 277 g/mol. The zero-order valence-electron chi connectivity index (χ0n) is 12.2. The number of nitrogens with two attached hydrogens (primary N) is 1. The zero-order chi connectivity index (χ0) is 14.4.